The van der Waals surface area contributed by atoms with E-state index in [1.54, 1.807) is 0 Å². The first kappa shape index (κ1) is 12.3. The van der Waals surface area contributed by atoms with E-state index in [1.807, 2.05) is 12.1 Å². The fourth-order valence-corrected chi connectivity index (χ4v) is 2.07. The topological polar surface area (TPSA) is 56.7 Å². The Morgan fingerprint density at radius 1 is 1.18 bits per heavy atom. The Bertz CT molecular complexity index is 490. The number of benzene rings is 1. The van der Waals surface area contributed by atoms with Crippen molar-refractivity contribution in [3.05, 3.63) is 46.0 Å². The monoisotopic (exact) mass is 294 g/mol. The van der Waals surface area contributed by atoms with Crippen LogP contribution >= 0.6 is 15.9 Å². The van der Waals surface area contributed by atoms with Gasteiger partial charge in [0.2, 0.25) is 0 Å². The molecule has 1 aromatic carbocycles. The zero-order valence-corrected chi connectivity index (χ0v) is 11.3. The number of hydrogen-bond donors (Lipinski definition) is 1. The maximum absolute atomic E-state index is 5.62. The van der Waals surface area contributed by atoms with Crippen LogP contribution in [0.25, 0.3) is 0 Å². The lowest BCUT2D eigenvalue weighted by atomic mass is 10.1. The molecular formula is C12H15BrN4. The average molecular weight is 295 g/mol. The van der Waals surface area contributed by atoms with Crippen LogP contribution in [0.4, 0.5) is 0 Å². The molecule has 0 unspecified atom stereocenters. The van der Waals surface area contributed by atoms with Gasteiger partial charge in [0.25, 0.3) is 0 Å². The number of aromatic nitrogens is 3. The summed E-state index contributed by atoms with van der Waals surface area (Å²) >= 11 is 3.42. The van der Waals surface area contributed by atoms with Crippen LogP contribution in [0.5, 0.6) is 0 Å². The van der Waals surface area contributed by atoms with E-state index < -0.39 is 0 Å². The summed E-state index contributed by atoms with van der Waals surface area (Å²) in [5.41, 5.74) is 6.84. The van der Waals surface area contributed by atoms with E-state index >= 15 is 0 Å². The van der Waals surface area contributed by atoms with E-state index in [-0.39, 0.29) is 0 Å². The standard InChI is InChI=1S/C12H15BrN4/c1-2-17-11(15-16-12(17)8-14)7-9-3-5-10(13)6-4-9/h3-6H,2,7-8,14H2,1H3. The highest BCUT2D eigenvalue weighted by molar-refractivity contribution is 9.10. The molecule has 0 atom stereocenters. The second-order valence-corrected chi connectivity index (χ2v) is 4.70. The molecule has 0 aliphatic rings. The predicted octanol–water partition coefficient (Wildman–Crippen LogP) is 2.11. The molecule has 0 aliphatic heterocycles. The van der Waals surface area contributed by atoms with Crippen LogP contribution in [0, 0.1) is 0 Å². The molecule has 4 nitrogen and oxygen atoms in total. The molecule has 0 amide bonds. The molecule has 17 heavy (non-hydrogen) atoms. The number of hydrogen-bond acceptors (Lipinski definition) is 3. The van der Waals surface area contributed by atoms with Crippen molar-refractivity contribution in [2.45, 2.75) is 26.4 Å². The van der Waals surface area contributed by atoms with E-state index in [2.05, 4.69) is 49.8 Å². The van der Waals surface area contributed by atoms with Crippen molar-refractivity contribution in [2.24, 2.45) is 5.73 Å². The summed E-state index contributed by atoms with van der Waals surface area (Å²) in [5.74, 6) is 1.81. The minimum absolute atomic E-state index is 0.432. The highest BCUT2D eigenvalue weighted by Crippen LogP contribution is 2.14. The average Bonchev–Trinajstić information content (AvgIpc) is 2.74. The van der Waals surface area contributed by atoms with Gasteiger partial charge in [-0.3, -0.25) is 0 Å². The van der Waals surface area contributed by atoms with Gasteiger partial charge in [-0.2, -0.15) is 0 Å². The van der Waals surface area contributed by atoms with Crippen LogP contribution in [-0.2, 0) is 19.5 Å². The Labute approximate surface area is 109 Å². The number of halogens is 1. The fraction of sp³-hybridized carbons (Fsp3) is 0.333. The zero-order chi connectivity index (χ0) is 12.3. The Kier molecular flexibility index (Phi) is 3.91. The van der Waals surface area contributed by atoms with E-state index in [9.17, 15) is 0 Å². The van der Waals surface area contributed by atoms with Gasteiger partial charge in [0, 0.05) is 17.4 Å². The van der Waals surface area contributed by atoms with Gasteiger partial charge < -0.3 is 10.3 Å². The third-order valence-corrected chi connectivity index (χ3v) is 3.21. The molecular weight excluding hydrogens is 280 g/mol. The van der Waals surface area contributed by atoms with Crippen molar-refractivity contribution < 1.29 is 0 Å². The van der Waals surface area contributed by atoms with Crippen molar-refractivity contribution in [2.75, 3.05) is 0 Å². The summed E-state index contributed by atoms with van der Waals surface area (Å²) in [6, 6.07) is 8.24. The van der Waals surface area contributed by atoms with Gasteiger partial charge in [-0.15, -0.1) is 10.2 Å². The molecule has 0 aliphatic carbocycles. The van der Waals surface area contributed by atoms with Crippen LogP contribution in [0.15, 0.2) is 28.7 Å². The minimum atomic E-state index is 0.432. The molecule has 5 heteroatoms. The van der Waals surface area contributed by atoms with Crippen LogP contribution in [0.3, 0.4) is 0 Å². The molecule has 90 valence electrons. The van der Waals surface area contributed by atoms with Crippen molar-refractivity contribution >= 4 is 15.9 Å². The van der Waals surface area contributed by atoms with Crippen LogP contribution in [0.1, 0.15) is 24.1 Å². The van der Waals surface area contributed by atoms with Crippen molar-refractivity contribution in [1.29, 1.82) is 0 Å². The summed E-state index contributed by atoms with van der Waals surface area (Å²) in [4.78, 5) is 0. The SMILES string of the molecule is CCn1c(CN)nnc1Cc1ccc(Br)cc1. The molecule has 1 heterocycles. The quantitative estimate of drug-likeness (QED) is 0.940. The number of nitrogens with zero attached hydrogens (tertiary/aromatic N) is 3. The summed E-state index contributed by atoms with van der Waals surface area (Å²) in [6.07, 6.45) is 0.786. The summed E-state index contributed by atoms with van der Waals surface area (Å²) < 4.78 is 3.16. The van der Waals surface area contributed by atoms with Crippen LogP contribution in [-0.4, -0.2) is 14.8 Å². The highest BCUT2D eigenvalue weighted by atomic mass is 79.9. The second-order valence-electron chi connectivity index (χ2n) is 3.78. The molecule has 0 saturated heterocycles. The first-order chi connectivity index (χ1) is 8.24. The van der Waals surface area contributed by atoms with Gasteiger partial charge in [0.1, 0.15) is 11.6 Å². The third kappa shape index (κ3) is 2.73. The third-order valence-electron chi connectivity index (χ3n) is 2.68. The molecule has 2 N–H and O–H groups in total. The van der Waals surface area contributed by atoms with Gasteiger partial charge in [0.05, 0.1) is 6.54 Å². The minimum Gasteiger partial charge on any atom is -0.324 e. The van der Waals surface area contributed by atoms with Crippen molar-refractivity contribution in [3.8, 4) is 0 Å². The normalized spacial score (nSPS) is 10.8. The molecule has 0 radical (unpaired) electrons. The first-order valence-corrected chi connectivity index (χ1v) is 6.39. The lowest BCUT2D eigenvalue weighted by molar-refractivity contribution is 0.668. The number of rotatable bonds is 4. The van der Waals surface area contributed by atoms with Crippen LogP contribution < -0.4 is 5.73 Å². The Hall–Kier alpha value is -1.20. The maximum Gasteiger partial charge on any atom is 0.146 e. The van der Waals surface area contributed by atoms with Gasteiger partial charge in [-0.1, -0.05) is 28.1 Å². The zero-order valence-electron chi connectivity index (χ0n) is 9.73. The smallest absolute Gasteiger partial charge is 0.146 e. The molecule has 0 spiro atoms. The van der Waals surface area contributed by atoms with Gasteiger partial charge >= 0.3 is 0 Å². The number of nitrogens with two attached hydrogens (primary N) is 1. The lowest BCUT2D eigenvalue weighted by Crippen LogP contribution is -2.10. The first-order valence-electron chi connectivity index (χ1n) is 5.60. The van der Waals surface area contributed by atoms with E-state index in [1.165, 1.54) is 5.56 Å². The summed E-state index contributed by atoms with van der Waals surface area (Å²) in [5, 5.41) is 8.29. The van der Waals surface area contributed by atoms with E-state index in [0.717, 1.165) is 29.1 Å². The molecule has 2 aromatic rings. The van der Waals surface area contributed by atoms with E-state index in [4.69, 9.17) is 5.73 Å². The Morgan fingerprint density at radius 3 is 2.41 bits per heavy atom. The summed E-state index contributed by atoms with van der Waals surface area (Å²) in [7, 11) is 0. The highest BCUT2D eigenvalue weighted by Gasteiger charge is 2.09. The molecule has 0 saturated carbocycles. The van der Waals surface area contributed by atoms with Crippen LogP contribution in [0.2, 0.25) is 0 Å². The maximum atomic E-state index is 5.62. The molecule has 1 aromatic heterocycles. The van der Waals surface area contributed by atoms with Gasteiger partial charge in [0.15, 0.2) is 0 Å². The largest absolute Gasteiger partial charge is 0.324 e. The molecule has 0 fully saturated rings. The Morgan fingerprint density at radius 2 is 1.82 bits per heavy atom. The lowest BCUT2D eigenvalue weighted by Gasteiger charge is -2.06. The molecule has 0 bridgehead atoms. The van der Waals surface area contributed by atoms with Crippen molar-refractivity contribution in [3.63, 3.8) is 0 Å². The van der Waals surface area contributed by atoms with Crippen molar-refractivity contribution in [1.82, 2.24) is 14.8 Å². The molecule has 2 rings (SSSR count). The van der Waals surface area contributed by atoms with Gasteiger partial charge in [-0.25, -0.2) is 0 Å². The Balaban J connectivity index is 2.23. The predicted molar refractivity (Wildman–Crippen MR) is 70.5 cm³/mol. The second kappa shape index (κ2) is 5.42. The van der Waals surface area contributed by atoms with E-state index in [0.29, 0.717) is 6.54 Å². The van der Waals surface area contributed by atoms with Gasteiger partial charge in [-0.05, 0) is 24.6 Å². The summed E-state index contributed by atoms with van der Waals surface area (Å²) in [6.45, 7) is 3.36. The fourth-order valence-electron chi connectivity index (χ4n) is 1.80.